The van der Waals surface area contributed by atoms with E-state index in [-0.39, 0.29) is 18.1 Å². The molecule has 2 aromatic heterocycles. The summed E-state index contributed by atoms with van der Waals surface area (Å²) in [6.07, 6.45) is -0.0816. The molecule has 6 nitrogen and oxygen atoms in total. The van der Waals surface area contributed by atoms with Crippen LogP contribution in [0.5, 0.6) is 0 Å². The van der Waals surface area contributed by atoms with E-state index in [1.165, 1.54) is 16.8 Å². The van der Waals surface area contributed by atoms with Gasteiger partial charge in [-0.25, -0.2) is 9.78 Å². The van der Waals surface area contributed by atoms with E-state index in [1.807, 2.05) is 0 Å². The molecule has 0 saturated carbocycles. The Kier molecular flexibility index (Phi) is 4.89. The summed E-state index contributed by atoms with van der Waals surface area (Å²) in [5, 5.41) is 0. The van der Waals surface area contributed by atoms with E-state index >= 15 is 0 Å². The van der Waals surface area contributed by atoms with Gasteiger partial charge in [-0.2, -0.15) is 13.2 Å². The van der Waals surface area contributed by atoms with E-state index in [9.17, 15) is 22.8 Å². The second-order valence-electron chi connectivity index (χ2n) is 7.13. The fraction of sp³-hybridized carbons (Fsp3) is 0.350. The maximum Gasteiger partial charge on any atom is 0.416 e. The third-order valence-corrected chi connectivity index (χ3v) is 5.15. The Morgan fingerprint density at radius 2 is 1.86 bits per heavy atom. The molecule has 3 aromatic rings. The van der Waals surface area contributed by atoms with Crippen molar-refractivity contribution in [2.45, 2.75) is 32.0 Å². The molecule has 1 N–H and O–H groups in total. The van der Waals surface area contributed by atoms with Crippen molar-refractivity contribution < 1.29 is 18.0 Å². The van der Waals surface area contributed by atoms with Crippen LogP contribution in [0, 0.1) is 0 Å². The molecule has 29 heavy (non-hydrogen) atoms. The molecular formula is C20H19F3N4O2. The number of benzene rings is 1. The van der Waals surface area contributed by atoms with Gasteiger partial charge in [0.1, 0.15) is 6.54 Å². The summed E-state index contributed by atoms with van der Waals surface area (Å²) < 4.78 is 40.3. The monoisotopic (exact) mass is 404 g/mol. The van der Waals surface area contributed by atoms with Gasteiger partial charge in [0.15, 0.2) is 5.65 Å². The molecule has 0 spiro atoms. The standard InChI is InChI=1S/C20H19F3N4O2/c21-20(22,23)15-6-4-5-13(9-15)14-10-16-18(24-11-14)25-19(29)27(16)12-17(28)26-7-2-1-3-8-26/h4-6,9-11H,1-3,7-8,12H2,(H,24,25,29). The molecule has 152 valence electrons. The second kappa shape index (κ2) is 7.38. The number of rotatable bonds is 3. The SMILES string of the molecule is O=C(Cn1c(=O)[nH]c2ncc(-c3cccc(C(F)(F)F)c3)cc21)N1CCCCC1. The Bertz CT molecular complexity index is 1110. The first-order valence-electron chi connectivity index (χ1n) is 9.37. The van der Waals surface area contributed by atoms with Gasteiger partial charge in [-0.1, -0.05) is 12.1 Å². The molecule has 9 heteroatoms. The van der Waals surface area contributed by atoms with Crippen LogP contribution in [-0.4, -0.2) is 38.4 Å². The molecule has 0 atom stereocenters. The van der Waals surface area contributed by atoms with Gasteiger partial charge in [-0.15, -0.1) is 0 Å². The number of fused-ring (bicyclic) bond motifs is 1. The van der Waals surface area contributed by atoms with Gasteiger partial charge in [0, 0.05) is 24.8 Å². The molecule has 1 amide bonds. The lowest BCUT2D eigenvalue weighted by atomic mass is 10.0. The molecule has 1 fully saturated rings. The van der Waals surface area contributed by atoms with Gasteiger partial charge < -0.3 is 4.90 Å². The average Bonchev–Trinajstić information content (AvgIpc) is 3.02. The number of nitrogens with zero attached hydrogens (tertiary/aromatic N) is 3. The van der Waals surface area contributed by atoms with Crippen LogP contribution < -0.4 is 5.69 Å². The van der Waals surface area contributed by atoms with Gasteiger partial charge in [0.25, 0.3) is 0 Å². The molecular weight excluding hydrogens is 385 g/mol. The summed E-state index contributed by atoms with van der Waals surface area (Å²) in [5.41, 5.74) is 0.201. The topological polar surface area (TPSA) is 71.0 Å². The highest BCUT2D eigenvalue weighted by Crippen LogP contribution is 2.32. The van der Waals surface area contributed by atoms with E-state index in [1.54, 1.807) is 17.0 Å². The maximum atomic E-state index is 13.0. The van der Waals surface area contributed by atoms with Gasteiger partial charge in [-0.3, -0.25) is 14.3 Å². The van der Waals surface area contributed by atoms with Gasteiger partial charge >= 0.3 is 11.9 Å². The number of piperidine rings is 1. The van der Waals surface area contributed by atoms with Crippen LogP contribution in [0.3, 0.4) is 0 Å². The van der Waals surface area contributed by atoms with Gasteiger partial charge in [-0.05, 0) is 43.0 Å². The van der Waals surface area contributed by atoms with E-state index in [0.29, 0.717) is 29.7 Å². The number of aromatic nitrogens is 3. The Morgan fingerprint density at radius 3 is 2.59 bits per heavy atom. The van der Waals surface area contributed by atoms with Crippen molar-refractivity contribution >= 4 is 17.1 Å². The number of imidazole rings is 1. The first kappa shape index (κ1) is 19.2. The number of likely N-dealkylation sites (tertiary alicyclic amines) is 1. The number of amides is 1. The molecule has 1 aromatic carbocycles. The Balaban J connectivity index is 1.70. The lowest BCUT2D eigenvalue weighted by Crippen LogP contribution is -2.39. The molecule has 3 heterocycles. The first-order valence-corrected chi connectivity index (χ1v) is 9.37. The number of H-pyrrole nitrogens is 1. The third-order valence-electron chi connectivity index (χ3n) is 5.15. The highest BCUT2D eigenvalue weighted by atomic mass is 19.4. The zero-order valence-electron chi connectivity index (χ0n) is 15.5. The molecule has 1 saturated heterocycles. The van der Waals surface area contributed by atoms with Crippen molar-refractivity contribution in [1.82, 2.24) is 19.4 Å². The second-order valence-corrected chi connectivity index (χ2v) is 7.13. The van der Waals surface area contributed by atoms with Crippen molar-refractivity contribution in [2.75, 3.05) is 13.1 Å². The normalized spacial score (nSPS) is 15.1. The fourth-order valence-corrected chi connectivity index (χ4v) is 3.60. The summed E-state index contributed by atoms with van der Waals surface area (Å²) in [6.45, 7) is 1.21. The largest absolute Gasteiger partial charge is 0.416 e. The average molecular weight is 404 g/mol. The lowest BCUT2D eigenvalue weighted by Gasteiger charge is -2.26. The predicted octanol–water partition coefficient (Wildman–Crippen LogP) is 3.42. The van der Waals surface area contributed by atoms with Crippen LogP contribution in [-0.2, 0) is 17.5 Å². The van der Waals surface area contributed by atoms with Crippen molar-refractivity contribution in [1.29, 1.82) is 0 Å². The lowest BCUT2D eigenvalue weighted by molar-refractivity contribution is -0.137. The summed E-state index contributed by atoms with van der Waals surface area (Å²) >= 11 is 0. The highest BCUT2D eigenvalue weighted by molar-refractivity contribution is 5.82. The minimum absolute atomic E-state index is 0.132. The van der Waals surface area contributed by atoms with Crippen molar-refractivity contribution in [2.24, 2.45) is 0 Å². The van der Waals surface area contributed by atoms with Crippen LogP contribution in [0.4, 0.5) is 13.2 Å². The predicted molar refractivity (Wildman–Crippen MR) is 101 cm³/mol. The summed E-state index contributed by atoms with van der Waals surface area (Å²) in [5.74, 6) is -0.155. The third kappa shape index (κ3) is 3.90. The Hall–Kier alpha value is -3.10. The van der Waals surface area contributed by atoms with Crippen molar-refractivity contribution in [3.05, 3.63) is 52.6 Å². The quantitative estimate of drug-likeness (QED) is 0.727. The van der Waals surface area contributed by atoms with Crippen molar-refractivity contribution in [3.8, 4) is 11.1 Å². The number of hydrogen-bond donors (Lipinski definition) is 1. The van der Waals surface area contributed by atoms with E-state index in [2.05, 4.69) is 9.97 Å². The minimum atomic E-state index is -4.45. The molecule has 0 radical (unpaired) electrons. The number of alkyl halides is 3. The number of hydrogen-bond acceptors (Lipinski definition) is 3. The molecule has 4 rings (SSSR count). The molecule has 0 bridgehead atoms. The number of carbonyl (C=O) groups is 1. The first-order chi connectivity index (χ1) is 13.8. The van der Waals surface area contributed by atoms with Crippen LogP contribution in [0.2, 0.25) is 0 Å². The number of carbonyl (C=O) groups excluding carboxylic acids is 1. The van der Waals surface area contributed by atoms with Crippen LogP contribution in [0.25, 0.3) is 22.3 Å². The Labute approximate surface area is 164 Å². The summed E-state index contributed by atoms with van der Waals surface area (Å²) in [4.78, 5) is 33.4. The molecule has 1 aliphatic rings. The smallest absolute Gasteiger partial charge is 0.341 e. The van der Waals surface area contributed by atoms with E-state index in [4.69, 9.17) is 0 Å². The van der Waals surface area contributed by atoms with Crippen LogP contribution in [0.1, 0.15) is 24.8 Å². The minimum Gasteiger partial charge on any atom is -0.341 e. The van der Waals surface area contributed by atoms with Crippen LogP contribution >= 0.6 is 0 Å². The van der Waals surface area contributed by atoms with E-state index in [0.717, 1.165) is 31.4 Å². The van der Waals surface area contributed by atoms with Crippen molar-refractivity contribution in [3.63, 3.8) is 0 Å². The van der Waals surface area contributed by atoms with Gasteiger partial charge in [0.05, 0.1) is 11.1 Å². The van der Waals surface area contributed by atoms with Gasteiger partial charge in [0.2, 0.25) is 5.91 Å². The number of pyridine rings is 1. The molecule has 1 aliphatic heterocycles. The zero-order valence-corrected chi connectivity index (χ0v) is 15.5. The highest BCUT2D eigenvalue weighted by Gasteiger charge is 2.30. The maximum absolute atomic E-state index is 13.0. The zero-order chi connectivity index (χ0) is 20.6. The number of aromatic amines is 1. The Morgan fingerprint density at radius 1 is 1.10 bits per heavy atom. The summed E-state index contributed by atoms with van der Waals surface area (Å²) in [7, 11) is 0. The molecule has 0 unspecified atom stereocenters. The fourth-order valence-electron chi connectivity index (χ4n) is 3.60. The van der Waals surface area contributed by atoms with Crippen LogP contribution in [0.15, 0.2) is 41.3 Å². The number of halogens is 3. The summed E-state index contributed by atoms with van der Waals surface area (Å²) in [6, 6.07) is 6.49. The molecule has 0 aliphatic carbocycles. The number of nitrogens with one attached hydrogen (secondary N) is 1. The van der Waals surface area contributed by atoms with E-state index < -0.39 is 17.4 Å².